The highest BCUT2D eigenvalue weighted by Crippen LogP contribution is 2.21. The monoisotopic (exact) mass is 393 g/mol. The first-order valence-corrected chi connectivity index (χ1v) is 10.5. The van der Waals surface area contributed by atoms with Crippen LogP contribution in [0.3, 0.4) is 0 Å². The summed E-state index contributed by atoms with van der Waals surface area (Å²) in [7, 11) is -3.50. The van der Waals surface area contributed by atoms with E-state index in [1.165, 1.54) is 39.9 Å². The van der Waals surface area contributed by atoms with Crippen LogP contribution in [-0.2, 0) is 21.2 Å². The lowest BCUT2D eigenvalue weighted by molar-refractivity contribution is -0.121. The number of hydrogen-bond donors (Lipinski definition) is 2. The second kappa shape index (κ2) is 7.98. The Kier molecular flexibility index (Phi) is 5.70. The summed E-state index contributed by atoms with van der Waals surface area (Å²) in [5.74, 6) is -0.830. The standard InChI is InChI=1S/C17H19N3O4S2/c21-16(12-14-4-3-11-25-14)18-19-17(22)13-5-7-15(8-6-13)26(23,24)20-9-1-2-10-20/h3-8,11H,1-2,9-10,12H2,(H,18,21)(H,19,22). The predicted octanol–water partition coefficient (Wildman–Crippen LogP) is 1.54. The number of benzene rings is 1. The van der Waals surface area contributed by atoms with E-state index in [0.717, 1.165) is 17.7 Å². The van der Waals surface area contributed by atoms with Gasteiger partial charge in [0.15, 0.2) is 0 Å². The lowest BCUT2D eigenvalue weighted by Gasteiger charge is -2.15. The first-order valence-electron chi connectivity index (χ1n) is 8.18. The number of hydrazine groups is 1. The van der Waals surface area contributed by atoms with Gasteiger partial charge in [0.25, 0.3) is 5.91 Å². The summed E-state index contributed by atoms with van der Waals surface area (Å²) in [5.41, 5.74) is 4.95. The minimum absolute atomic E-state index is 0.165. The van der Waals surface area contributed by atoms with Crippen LogP contribution in [0.4, 0.5) is 0 Å². The molecule has 0 saturated carbocycles. The number of carbonyl (C=O) groups excluding carboxylic acids is 2. The van der Waals surface area contributed by atoms with Gasteiger partial charge in [-0.3, -0.25) is 20.4 Å². The summed E-state index contributed by atoms with van der Waals surface area (Å²) in [4.78, 5) is 24.9. The molecule has 2 N–H and O–H groups in total. The van der Waals surface area contributed by atoms with Gasteiger partial charge in [0.1, 0.15) is 0 Å². The Balaban J connectivity index is 1.57. The number of amides is 2. The molecule has 9 heteroatoms. The molecule has 26 heavy (non-hydrogen) atoms. The van der Waals surface area contributed by atoms with Crippen molar-refractivity contribution in [3.05, 3.63) is 52.2 Å². The van der Waals surface area contributed by atoms with Gasteiger partial charge in [-0.1, -0.05) is 6.07 Å². The molecule has 2 heterocycles. The van der Waals surface area contributed by atoms with Gasteiger partial charge in [-0.15, -0.1) is 11.3 Å². The zero-order chi connectivity index (χ0) is 18.6. The molecule has 1 saturated heterocycles. The Bertz CT molecular complexity index is 871. The maximum Gasteiger partial charge on any atom is 0.269 e. The minimum atomic E-state index is -3.50. The van der Waals surface area contributed by atoms with Gasteiger partial charge < -0.3 is 0 Å². The van der Waals surface area contributed by atoms with E-state index in [1.54, 1.807) is 0 Å². The molecule has 0 unspecified atom stereocenters. The summed E-state index contributed by atoms with van der Waals surface area (Å²) in [6.45, 7) is 1.06. The van der Waals surface area contributed by atoms with E-state index in [0.29, 0.717) is 13.1 Å². The fourth-order valence-corrected chi connectivity index (χ4v) is 4.89. The Morgan fingerprint density at radius 3 is 2.35 bits per heavy atom. The zero-order valence-corrected chi connectivity index (χ0v) is 15.6. The fraction of sp³-hybridized carbons (Fsp3) is 0.294. The number of carbonyl (C=O) groups is 2. The second-order valence-corrected chi connectivity index (χ2v) is 8.86. The smallest absolute Gasteiger partial charge is 0.269 e. The van der Waals surface area contributed by atoms with E-state index in [4.69, 9.17) is 0 Å². The van der Waals surface area contributed by atoms with E-state index in [-0.39, 0.29) is 22.8 Å². The van der Waals surface area contributed by atoms with Crippen LogP contribution in [0, 0.1) is 0 Å². The van der Waals surface area contributed by atoms with Crippen LogP contribution < -0.4 is 10.9 Å². The normalized spacial score (nSPS) is 14.9. The van der Waals surface area contributed by atoms with Gasteiger partial charge >= 0.3 is 0 Å². The minimum Gasteiger partial charge on any atom is -0.273 e. The largest absolute Gasteiger partial charge is 0.273 e. The van der Waals surface area contributed by atoms with Gasteiger partial charge in [0.2, 0.25) is 15.9 Å². The fourth-order valence-electron chi connectivity index (χ4n) is 2.67. The van der Waals surface area contributed by atoms with Crippen molar-refractivity contribution in [3.8, 4) is 0 Å². The van der Waals surface area contributed by atoms with Crippen molar-refractivity contribution < 1.29 is 18.0 Å². The SMILES string of the molecule is O=C(Cc1cccs1)NNC(=O)c1ccc(S(=O)(=O)N2CCCC2)cc1. The summed E-state index contributed by atoms with van der Waals surface area (Å²) in [5, 5.41) is 1.87. The van der Waals surface area contributed by atoms with Crippen LogP contribution in [0.15, 0.2) is 46.7 Å². The number of hydrogen-bond acceptors (Lipinski definition) is 5. The third-order valence-electron chi connectivity index (χ3n) is 4.05. The molecule has 138 valence electrons. The molecule has 1 aliphatic heterocycles. The molecule has 3 rings (SSSR count). The third-order valence-corrected chi connectivity index (χ3v) is 6.84. The summed E-state index contributed by atoms with van der Waals surface area (Å²) in [6, 6.07) is 9.38. The Morgan fingerprint density at radius 2 is 1.73 bits per heavy atom. The van der Waals surface area contributed by atoms with E-state index < -0.39 is 15.9 Å². The summed E-state index contributed by atoms with van der Waals surface area (Å²) in [6.07, 6.45) is 1.92. The number of nitrogens with one attached hydrogen (secondary N) is 2. The number of nitrogens with zero attached hydrogens (tertiary/aromatic N) is 1. The van der Waals surface area contributed by atoms with Gasteiger partial charge in [-0.2, -0.15) is 4.31 Å². The highest BCUT2D eigenvalue weighted by Gasteiger charge is 2.27. The van der Waals surface area contributed by atoms with Crippen molar-refractivity contribution >= 4 is 33.2 Å². The summed E-state index contributed by atoms with van der Waals surface area (Å²) < 4.78 is 26.4. The Labute approximate surface area is 156 Å². The van der Waals surface area contributed by atoms with Gasteiger partial charge in [0, 0.05) is 23.5 Å². The first kappa shape index (κ1) is 18.6. The van der Waals surface area contributed by atoms with Crippen molar-refractivity contribution in [3.63, 3.8) is 0 Å². The van der Waals surface area contributed by atoms with E-state index in [9.17, 15) is 18.0 Å². The molecule has 0 atom stereocenters. The molecule has 0 bridgehead atoms. The van der Waals surface area contributed by atoms with Crippen LogP contribution in [0.25, 0.3) is 0 Å². The topological polar surface area (TPSA) is 95.6 Å². The van der Waals surface area contributed by atoms with E-state index in [2.05, 4.69) is 10.9 Å². The van der Waals surface area contributed by atoms with Crippen molar-refractivity contribution in [1.82, 2.24) is 15.2 Å². The molecule has 0 aliphatic carbocycles. The highest BCUT2D eigenvalue weighted by molar-refractivity contribution is 7.89. The Hall–Kier alpha value is -2.23. The van der Waals surface area contributed by atoms with Crippen molar-refractivity contribution in [1.29, 1.82) is 0 Å². The number of thiophene rings is 1. The molecule has 0 spiro atoms. The van der Waals surface area contributed by atoms with E-state index >= 15 is 0 Å². The maximum absolute atomic E-state index is 12.5. The molecule has 0 radical (unpaired) electrons. The molecule has 2 aromatic rings. The van der Waals surface area contributed by atoms with Crippen LogP contribution in [0.2, 0.25) is 0 Å². The van der Waals surface area contributed by atoms with Crippen LogP contribution in [0.5, 0.6) is 0 Å². The Morgan fingerprint density at radius 1 is 1.04 bits per heavy atom. The average molecular weight is 393 g/mol. The molecule has 2 amide bonds. The maximum atomic E-state index is 12.5. The predicted molar refractivity (Wildman–Crippen MR) is 98.1 cm³/mol. The molecule has 1 fully saturated rings. The molecule has 7 nitrogen and oxygen atoms in total. The second-order valence-electron chi connectivity index (χ2n) is 5.89. The molecule has 1 aromatic carbocycles. The van der Waals surface area contributed by atoms with E-state index in [1.807, 2.05) is 17.5 Å². The molecular weight excluding hydrogens is 374 g/mol. The van der Waals surface area contributed by atoms with Gasteiger partial charge in [-0.05, 0) is 48.6 Å². The van der Waals surface area contributed by atoms with Crippen LogP contribution in [-0.4, -0.2) is 37.6 Å². The number of sulfonamides is 1. The molecular formula is C17H19N3O4S2. The van der Waals surface area contributed by atoms with Gasteiger partial charge in [-0.25, -0.2) is 8.42 Å². The van der Waals surface area contributed by atoms with Crippen LogP contribution >= 0.6 is 11.3 Å². The zero-order valence-electron chi connectivity index (χ0n) is 14.0. The number of rotatable bonds is 5. The van der Waals surface area contributed by atoms with Gasteiger partial charge in [0.05, 0.1) is 11.3 Å². The average Bonchev–Trinajstić information content (AvgIpc) is 3.34. The highest BCUT2D eigenvalue weighted by atomic mass is 32.2. The lowest BCUT2D eigenvalue weighted by Crippen LogP contribution is -2.42. The first-order chi connectivity index (χ1) is 12.5. The lowest BCUT2D eigenvalue weighted by atomic mass is 10.2. The van der Waals surface area contributed by atoms with Crippen molar-refractivity contribution in [2.24, 2.45) is 0 Å². The summed E-state index contributed by atoms with van der Waals surface area (Å²) >= 11 is 1.46. The molecule has 1 aliphatic rings. The van der Waals surface area contributed by atoms with Crippen molar-refractivity contribution in [2.45, 2.75) is 24.2 Å². The van der Waals surface area contributed by atoms with Crippen molar-refractivity contribution in [2.75, 3.05) is 13.1 Å². The molecule has 1 aromatic heterocycles. The quantitative estimate of drug-likeness (QED) is 0.753. The third kappa shape index (κ3) is 4.29. The van der Waals surface area contributed by atoms with Crippen LogP contribution in [0.1, 0.15) is 28.1 Å².